The Morgan fingerprint density at radius 2 is 1.44 bits per heavy atom. The second kappa shape index (κ2) is 10.7. The summed E-state index contributed by atoms with van der Waals surface area (Å²) in [5.74, 6) is -2.29. The number of hydrogen-bond acceptors (Lipinski definition) is 8. The van der Waals surface area contributed by atoms with Crippen molar-refractivity contribution in [3.8, 4) is 0 Å². The van der Waals surface area contributed by atoms with Gasteiger partial charge in [0.05, 0.1) is 36.8 Å². The Labute approximate surface area is 196 Å². The van der Waals surface area contributed by atoms with Gasteiger partial charge in [0.2, 0.25) is 15.9 Å². The molecule has 1 amide bonds. The van der Waals surface area contributed by atoms with E-state index in [1.807, 2.05) is 0 Å². The molecule has 34 heavy (non-hydrogen) atoms. The molecule has 1 N–H and O–H groups in total. The van der Waals surface area contributed by atoms with E-state index in [4.69, 9.17) is 0 Å². The highest BCUT2D eigenvalue weighted by atomic mass is 32.2. The van der Waals surface area contributed by atoms with E-state index in [9.17, 15) is 27.2 Å². The number of amides is 1. The minimum Gasteiger partial charge on any atom is -0.465 e. The number of esters is 2. The van der Waals surface area contributed by atoms with Crippen molar-refractivity contribution < 1.29 is 36.7 Å². The van der Waals surface area contributed by atoms with Crippen LogP contribution in [0.3, 0.4) is 0 Å². The summed E-state index contributed by atoms with van der Waals surface area (Å²) in [6.45, 7) is 0.919. The minimum atomic E-state index is -3.76. The summed E-state index contributed by atoms with van der Waals surface area (Å²) in [6, 6.07) is 8.68. The smallest absolute Gasteiger partial charge is 0.337 e. The molecule has 10 nitrogen and oxygen atoms in total. The Morgan fingerprint density at radius 3 is 1.94 bits per heavy atom. The molecule has 0 bridgehead atoms. The lowest BCUT2D eigenvalue weighted by atomic mass is 10.1. The Hall–Kier alpha value is -3.35. The van der Waals surface area contributed by atoms with Crippen molar-refractivity contribution in [2.75, 3.05) is 52.3 Å². The first kappa shape index (κ1) is 25.3. The van der Waals surface area contributed by atoms with E-state index in [0.717, 1.165) is 12.1 Å². The zero-order valence-electron chi connectivity index (χ0n) is 18.6. The van der Waals surface area contributed by atoms with Crippen molar-refractivity contribution in [1.82, 2.24) is 9.21 Å². The van der Waals surface area contributed by atoms with Crippen LogP contribution in [-0.2, 0) is 24.3 Å². The van der Waals surface area contributed by atoms with Gasteiger partial charge in [0.1, 0.15) is 5.82 Å². The van der Waals surface area contributed by atoms with E-state index < -0.39 is 33.7 Å². The summed E-state index contributed by atoms with van der Waals surface area (Å²) in [7, 11) is -1.37. The minimum absolute atomic E-state index is 0.00647. The van der Waals surface area contributed by atoms with E-state index in [-0.39, 0.29) is 41.3 Å². The number of piperazine rings is 1. The van der Waals surface area contributed by atoms with Crippen LogP contribution < -0.4 is 5.32 Å². The van der Waals surface area contributed by atoms with Crippen LogP contribution in [-0.4, -0.2) is 82.4 Å². The van der Waals surface area contributed by atoms with Crippen LogP contribution in [0.2, 0.25) is 0 Å². The van der Waals surface area contributed by atoms with E-state index in [1.54, 1.807) is 4.90 Å². The van der Waals surface area contributed by atoms with Gasteiger partial charge >= 0.3 is 11.9 Å². The van der Waals surface area contributed by atoms with Gasteiger partial charge in [-0.25, -0.2) is 22.4 Å². The summed E-state index contributed by atoms with van der Waals surface area (Å²) >= 11 is 0. The second-order valence-corrected chi connectivity index (χ2v) is 9.40. The number of ether oxygens (including phenoxy) is 2. The highest BCUT2D eigenvalue weighted by molar-refractivity contribution is 7.89. The van der Waals surface area contributed by atoms with Crippen molar-refractivity contribution >= 4 is 33.6 Å². The SMILES string of the molecule is COC(=O)c1cc(NC(=O)CN2CCN(S(=O)(=O)c3ccc(F)cc3)CC2)cc(C(=O)OC)c1. The fourth-order valence-electron chi connectivity index (χ4n) is 3.46. The van der Waals surface area contributed by atoms with Crippen molar-refractivity contribution in [3.05, 3.63) is 59.4 Å². The fourth-order valence-corrected chi connectivity index (χ4v) is 4.88. The van der Waals surface area contributed by atoms with Crippen molar-refractivity contribution in [1.29, 1.82) is 0 Å². The predicted molar refractivity (Wildman–Crippen MR) is 119 cm³/mol. The molecule has 0 spiro atoms. The van der Waals surface area contributed by atoms with Crippen LogP contribution in [0.25, 0.3) is 0 Å². The Kier molecular flexibility index (Phi) is 7.97. The second-order valence-electron chi connectivity index (χ2n) is 7.46. The summed E-state index contributed by atoms with van der Waals surface area (Å²) in [5.41, 5.74) is 0.353. The van der Waals surface area contributed by atoms with Crippen LogP contribution >= 0.6 is 0 Å². The number of benzene rings is 2. The topological polar surface area (TPSA) is 122 Å². The Morgan fingerprint density at radius 1 is 0.912 bits per heavy atom. The predicted octanol–water partition coefficient (Wildman–Crippen LogP) is 1.34. The molecule has 1 heterocycles. The van der Waals surface area contributed by atoms with Gasteiger partial charge in [0.15, 0.2) is 0 Å². The van der Waals surface area contributed by atoms with Gasteiger partial charge in [0, 0.05) is 31.9 Å². The third kappa shape index (κ3) is 5.95. The molecular formula is C22H24FN3O7S. The van der Waals surface area contributed by atoms with Gasteiger partial charge in [-0.05, 0) is 42.5 Å². The van der Waals surface area contributed by atoms with E-state index in [2.05, 4.69) is 14.8 Å². The molecule has 2 aromatic rings. The average molecular weight is 494 g/mol. The number of nitrogens with one attached hydrogen (secondary N) is 1. The maximum atomic E-state index is 13.1. The molecular weight excluding hydrogens is 469 g/mol. The van der Waals surface area contributed by atoms with Crippen molar-refractivity contribution in [2.45, 2.75) is 4.90 Å². The highest BCUT2D eigenvalue weighted by Crippen LogP contribution is 2.19. The molecule has 0 radical (unpaired) electrons. The summed E-state index contributed by atoms with van der Waals surface area (Å²) in [5, 5.41) is 2.64. The van der Waals surface area contributed by atoms with Gasteiger partial charge in [-0.3, -0.25) is 9.69 Å². The zero-order valence-corrected chi connectivity index (χ0v) is 19.4. The molecule has 0 unspecified atom stereocenters. The van der Waals surface area contributed by atoms with E-state index in [1.165, 1.54) is 48.9 Å². The van der Waals surface area contributed by atoms with Crippen molar-refractivity contribution in [3.63, 3.8) is 0 Å². The number of sulfonamides is 1. The van der Waals surface area contributed by atoms with E-state index >= 15 is 0 Å². The largest absolute Gasteiger partial charge is 0.465 e. The lowest BCUT2D eigenvalue weighted by Crippen LogP contribution is -2.50. The Bertz CT molecular complexity index is 1140. The lowest BCUT2D eigenvalue weighted by Gasteiger charge is -2.33. The fraction of sp³-hybridized carbons (Fsp3) is 0.318. The third-order valence-electron chi connectivity index (χ3n) is 5.21. The first-order valence-corrected chi connectivity index (χ1v) is 11.7. The summed E-state index contributed by atoms with van der Waals surface area (Å²) in [6.07, 6.45) is 0. The van der Waals surface area contributed by atoms with Gasteiger partial charge < -0.3 is 14.8 Å². The molecule has 3 rings (SSSR count). The number of halogens is 1. The number of carbonyl (C=O) groups is 3. The monoisotopic (exact) mass is 493 g/mol. The highest BCUT2D eigenvalue weighted by Gasteiger charge is 2.29. The number of anilines is 1. The van der Waals surface area contributed by atoms with Crippen LogP contribution in [0.5, 0.6) is 0 Å². The maximum absolute atomic E-state index is 13.1. The van der Waals surface area contributed by atoms with Gasteiger partial charge in [-0.2, -0.15) is 4.31 Å². The standard InChI is InChI=1S/C22H24FN3O7S/c1-32-21(28)15-11-16(22(29)33-2)13-18(12-15)24-20(27)14-25-7-9-26(10-8-25)34(30,31)19-5-3-17(23)4-6-19/h3-6,11-13H,7-10,14H2,1-2H3,(H,24,27). The molecule has 0 saturated carbocycles. The van der Waals surface area contributed by atoms with Gasteiger partial charge in [0.25, 0.3) is 0 Å². The van der Waals surface area contributed by atoms with Crippen LogP contribution in [0.15, 0.2) is 47.4 Å². The molecule has 1 saturated heterocycles. The van der Waals surface area contributed by atoms with Gasteiger partial charge in [-0.15, -0.1) is 0 Å². The molecule has 0 aromatic heterocycles. The number of methoxy groups -OCH3 is 2. The number of hydrogen-bond donors (Lipinski definition) is 1. The van der Waals surface area contributed by atoms with Crippen LogP contribution in [0.1, 0.15) is 20.7 Å². The first-order chi connectivity index (χ1) is 16.1. The molecule has 0 atom stereocenters. The normalized spacial score (nSPS) is 14.9. The molecule has 1 aliphatic heterocycles. The maximum Gasteiger partial charge on any atom is 0.337 e. The number of nitrogens with zero attached hydrogens (tertiary/aromatic N) is 2. The number of rotatable bonds is 7. The molecule has 0 aliphatic carbocycles. The van der Waals surface area contributed by atoms with Gasteiger partial charge in [-0.1, -0.05) is 0 Å². The molecule has 2 aromatic carbocycles. The lowest BCUT2D eigenvalue weighted by molar-refractivity contribution is -0.117. The summed E-state index contributed by atoms with van der Waals surface area (Å²) in [4.78, 5) is 38.1. The van der Waals surface area contributed by atoms with Crippen LogP contribution in [0.4, 0.5) is 10.1 Å². The van der Waals surface area contributed by atoms with Crippen LogP contribution in [0, 0.1) is 5.82 Å². The number of carbonyl (C=O) groups excluding carboxylic acids is 3. The molecule has 182 valence electrons. The molecule has 1 aliphatic rings. The Balaban J connectivity index is 1.62. The van der Waals surface area contributed by atoms with Crippen molar-refractivity contribution in [2.24, 2.45) is 0 Å². The van der Waals surface area contributed by atoms with E-state index in [0.29, 0.717) is 13.1 Å². The zero-order chi connectivity index (χ0) is 24.9. The molecule has 12 heteroatoms. The first-order valence-electron chi connectivity index (χ1n) is 10.2. The third-order valence-corrected chi connectivity index (χ3v) is 7.12. The quantitative estimate of drug-likeness (QED) is 0.574. The summed E-state index contributed by atoms with van der Waals surface area (Å²) < 4.78 is 49.2. The molecule has 1 fully saturated rings. The average Bonchev–Trinajstić information content (AvgIpc) is 2.83.